The number of rotatable bonds is 2. The van der Waals surface area contributed by atoms with E-state index < -0.39 is 0 Å². The highest BCUT2D eigenvalue weighted by Gasteiger charge is 2.31. The summed E-state index contributed by atoms with van der Waals surface area (Å²) in [7, 11) is 1.94. The molecule has 0 aliphatic carbocycles. The molecule has 5 nitrogen and oxygen atoms in total. The zero-order chi connectivity index (χ0) is 13.2. The Labute approximate surface area is 106 Å². The molecule has 1 aromatic rings. The smallest absolute Gasteiger partial charge is 0.259 e. The first-order valence-electron chi connectivity index (χ1n) is 6.21. The van der Waals surface area contributed by atoms with Crippen molar-refractivity contribution in [2.45, 2.75) is 25.3 Å². The van der Waals surface area contributed by atoms with E-state index in [2.05, 4.69) is 17.2 Å². The lowest BCUT2D eigenvalue weighted by Crippen LogP contribution is -2.51. The van der Waals surface area contributed by atoms with Gasteiger partial charge in [-0.3, -0.25) is 9.59 Å². The molecule has 1 saturated heterocycles. The fourth-order valence-corrected chi connectivity index (χ4v) is 2.21. The molecule has 18 heavy (non-hydrogen) atoms. The zero-order valence-corrected chi connectivity index (χ0v) is 10.8. The first kappa shape index (κ1) is 12.8. The highest BCUT2D eigenvalue weighted by Crippen LogP contribution is 2.21. The zero-order valence-electron chi connectivity index (χ0n) is 10.8. The highest BCUT2D eigenvalue weighted by atomic mass is 16.2. The molecule has 0 atom stereocenters. The van der Waals surface area contributed by atoms with Crippen molar-refractivity contribution in [3.05, 3.63) is 34.2 Å². The number of aromatic amines is 1. The van der Waals surface area contributed by atoms with E-state index in [-0.39, 0.29) is 22.4 Å². The maximum Gasteiger partial charge on any atom is 0.259 e. The average molecular weight is 249 g/mol. The van der Waals surface area contributed by atoms with Crippen LogP contribution in [0.4, 0.5) is 0 Å². The molecule has 2 heterocycles. The topological polar surface area (TPSA) is 65.2 Å². The second kappa shape index (κ2) is 4.94. The lowest BCUT2D eigenvalue weighted by atomic mass is 9.89. The molecule has 2 N–H and O–H groups in total. The molecule has 1 aliphatic rings. The van der Waals surface area contributed by atoms with Gasteiger partial charge in [0.1, 0.15) is 5.56 Å². The Bertz CT molecular complexity index is 487. The van der Waals surface area contributed by atoms with E-state index in [1.54, 1.807) is 4.90 Å². The Morgan fingerprint density at radius 3 is 2.67 bits per heavy atom. The van der Waals surface area contributed by atoms with E-state index in [1.807, 2.05) is 7.05 Å². The number of carbonyl (C=O) groups is 1. The lowest BCUT2D eigenvalue weighted by Gasteiger charge is -2.39. The van der Waals surface area contributed by atoms with Crippen molar-refractivity contribution in [1.29, 1.82) is 0 Å². The van der Waals surface area contributed by atoms with Crippen molar-refractivity contribution < 1.29 is 4.79 Å². The predicted molar refractivity (Wildman–Crippen MR) is 69.7 cm³/mol. The summed E-state index contributed by atoms with van der Waals surface area (Å²) >= 11 is 0. The number of amides is 1. The molecular formula is C13H19N3O2. The van der Waals surface area contributed by atoms with Crippen LogP contribution in [0.15, 0.2) is 23.3 Å². The number of H-pyrrole nitrogens is 1. The number of piperidine rings is 1. The van der Waals surface area contributed by atoms with Crippen LogP contribution in [0.5, 0.6) is 0 Å². The van der Waals surface area contributed by atoms with Crippen molar-refractivity contribution in [1.82, 2.24) is 15.2 Å². The molecule has 1 aliphatic heterocycles. The van der Waals surface area contributed by atoms with E-state index in [9.17, 15) is 9.59 Å². The minimum Gasteiger partial charge on any atom is -0.367 e. The Morgan fingerprint density at radius 1 is 1.44 bits per heavy atom. The summed E-state index contributed by atoms with van der Waals surface area (Å²) < 4.78 is 0. The Balaban J connectivity index is 2.09. The summed E-state index contributed by atoms with van der Waals surface area (Å²) in [6.45, 7) is 3.53. The Hall–Kier alpha value is -1.62. The van der Waals surface area contributed by atoms with Crippen molar-refractivity contribution in [2.24, 2.45) is 0 Å². The van der Waals surface area contributed by atoms with Crippen LogP contribution in [0.3, 0.4) is 0 Å². The Morgan fingerprint density at radius 2 is 2.11 bits per heavy atom. The third-order valence-electron chi connectivity index (χ3n) is 3.81. The van der Waals surface area contributed by atoms with Gasteiger partial charge < -0.3 is 15.2 Å². The number of pyridine rings is 1. The van der Waals surface area contributed by atoms with Gasteiger partial charge in [-0.15, -0.1) is 0 Å². The van der Waals surface area contributed by atoms with Gasteiger partial charge >= 0.3 is 0 Å². The SMILES string of the molecule is CNC1(C)CCN(C(=O)c2c[nH]ccc2=O)CC1. The van der Waals surface area contributed by atoms with Crippen LogP contribution < -0.4 is 10.7 Å². The largest absolute Gasteiger partial charge is 0.367 e. The molecule has 1 fully saturated rings. The second-order valence-electron chi connectivity index (χ2n) is 5.03. The summed E-state index contributed by atoms with van der Waals surface area (Å²) in [5.41, 5.74) is 0.103. The third-order valence-corrected chi connectivity index (χ3v) is 3.81. The van der Waals surface area contributed by atoms with Crippen molar-refractivity contribution in [2.75, 3.05) is 20.1 Å². The van der Waals surface area contributed by atoms with Gasteiger partial charge in [-0.1, -0.05) is 0 Å². The lowest BCUT2D eigenvalue weighted by molar-refractivity contribution is 0.0660. The molecule has 0 saturated carbocycles. The summed E-state index contributed by atoms with van der Waals surface area (Å²) in [6, 6.07) is 1.38. The van der Waals surface area contributed by atoms with Crippen LogP contribution in [-0.2, 0) is 0 Å². The van der Waals surface area contributed by atoms with Gasteiger partial charge in [0.15, 0.2) is 5.43 Å². The van der Waals surface area contributed by atoms with E-state index in [4.69, 9.17) is 0 Å². The second-order valence-corrected chi connectivity index (χ2v) is 5.03. The molecule has 1 amide bonds. The maximum atomic E-state index is 12.2. The van der Waals surface area contributed by atoms with Crippen LogP contribution in [0.2, 0.25) is 0 Å². The van der Waals surface area contributed by atoms with Crippen molar-refractivity contribution in [3.63, 3.8) is 0 Å². The van der Waals surface area contributed by atoms with Gasteiger partial charge in [-0.2, -0.15) is 0 Å². The first-order chi connectivity index (χ1) is 8.56. The molecule has 0 spiro atoms. The fourth-order valence-electron chi connectivity index (χ4n) is 2.21. The van der Waals surface area contributed by atoms with Gasteiger partial charge in [-0.05, 0) is 26.8 Å². The number of carbonyl (C=O) groups excluding carboxylic acids is 1. The summed E-state index contributed by atoms with van der Waals surface area (Å²) in [6.07, 6.45) is 4.82. The van der Waals surface area contributed by atoms with Gasteiger partial charge in [0.2, 0.25) is 0 Å². The third kappa shape index (κ3) is 2.46. The molecule has 0 unspecified atom stereocenters. The Kier molecular flexibility index (Phi) is 3.52. The quantitative estimate of drug-likeness (QED) is 0.806. The normalized spacial score (nSPS) is 18.7. The molecule has 2 rings (SSSR count). The molecule has 0 bridgehead atoms. The number of hydrogen-bond donors (Lipinski definition) is 2. The molecule has 5 heteroatoms. The van der Waals surface area contributed by atoms with Gasteiger partial charge in [0.25, 0.3) is 5.91 Å². The molecule has 0 aromatic carbocycles. The van der Waals surface area contributed by atoms with Crippen LogP contribution >= 0.6 is 0 Å². The summed E-state index contributed by atoms with van der Waals surface area (Å²) in [5.74, 6) is -0.171. The highest BCUT2D eigenvalue weighted by molar-refractivity contribution is 5.93. The molecule has 98 valence electrons. The fraction of sp³-hybridized carbons (Fsp3) is 0.538. The average Bonchev–Trinajstić information content (AvgIpc) is 2.39. The van der Waals surface area contributed by atoms with E-state index >= 15 is 0 Å². The number of hydrogen-bond acceptors (Lipinski definition) is 3. The van der Waals surface area contributed by atoms with Gasteiger partial charge in [0.05, 0.1) is 0 Å². The van der Waals surface area contributed by atoms with E-state index in [1.165, 1.54) is 18.5 Å². The number of likely N-dealkylation sites (tertiary alicyclic amines) is 1. The number of nitrogens with zero attached hydrogens (tertiary/aromatic N) is 1. The predicted octanol–water partition coefficient (Wildman–Crippen LogP) is 0.589. The van der Waals surface area contributed by atoms with Gasteiger partial charge in [-0.25, -0.2) is 0 Å². The standard InChI is InChI=1S/C13H19N3O2/c1-13(14-2)4-7-16(8-5-13)12(18)10-9-15-6-3-11(10)17/h3,6,9,14H,4-5,7-8H2,1-2H3,(H,15,17). The van der Waals surface area contributed by atoms with Crippen LogP contribution in [0, 0.1) is 0 Å². The minimum absolute atomic E-state index is 0.0971. The van der Waals surface area contributed by atoms with Crippen LogP contribution in [0.25, 0.3) is 0 Å². The van der Waals surface area contributed by atoms with E-state index in [0.29, 0.717) is 13.1 Å². The summed E-state index contributed by atoms with van der Waals surface area (Å²) in [5, 5.41) is 3.29. The van der Waals surface area contributed by atoms with E-state index in [0.717, 1.165) is 12.8 Å². The summed E-state index contributed by atoms with van der Waals surface area (Å²) in [4.78, 5) is 28.4. The van der Waals surface area contributed by atoms with Crippen LogP contribution in [0.1, 0.15) is 30.1 Å². The monoisotopic (exact) mass is 249 g/mol. The van der Waals surface area contributed by atoms with Gasteiger partial charge in [0, 0.05) is 37.1 Å². The minimum atomic E-state index is -0.222. The first-order valence-corrected chi connectivity index (χ1v) is 6.21. The maximum absolute atomic E-state index is 12.2. The molecule has 0 radical (unpaired) electrons. The number of nitrogens with one attached hydrogen (secondary N) is 2. The number of aromatic nitrogens is 1. The van der Waals surface area contributed by atoms with Crippen LogP contribution in [-0.4, -0.2) is 41.5 Å². The van der Waals surface area contributed by atoms with Crippen molar-refractivity contribution >= 4 is 5.91 Å². The molecule has 1 aromatic heterocycles. The van der Waals surface area contributed by atoms with Crippen molar-refractivity contribution in [3.8, 4) is 0 Å². The molecular weight excluding hydrogens is 230 g/mol.